The SMILES string of the molecule is O=C(CNC(=O)c1cccc([N+](=O)[O-])c1)NCc1ccc(C(F)(F)F)cc1. The Morgan fingerprint density at radius 2 is 1.70 bits per heavy atom. The summed E-state index contributed by atoms with van der Waals surface area (Å²) < 4.78 is 37.4. The average Bonchev–Trinajstić information content (AvgIpc) is 2.64. The molecular formula is C17H14F3N3O4. The summed E-state index contributed by atoms with van der Waals surface area (Å²) in [6.07, 6.45) is -4.43. The second-order valence-electron chi connectivity index (χ2n) is 5.46. The van der Waals surface area contributed by atoms with Crippen LogP contribution >= 0.6 is 0 Å². The molecule has 0 bridgehead atoms. The van der Waals surface area contributed by atoms with Gasteiger partial charge in [0.25, 0.3) is 11.6 Å². The van der Waals surface area contributed by atoms with Gasteiger partial charge in [-0.25, -0.2) is 0 Å². The normalized spacial score (nSPS) is 10.9. The van der Waals surface area contributed by atoms with Crippen LogP contribution in [0.25, 0.3) is 0 Å². The predicted molar refractivity (Wildman–Crippen MR) is 88.7 cm³/mol. The highest BCUT2D eigenvalue weighted by atomic mass is 19.4. The number of carbonyl (C=O) groups excluding carboxylic acids is 2. The molecule has 0 atom stereocenters. The summed E-state index contributed by atoms with van der Waals surface area (Å²) >= 11 is 0. The van der Waals surface area contributed by atoms with Crippen LogP contribution in [0.5, 0.6) is 0 Å². The minimum atomic E-state index is -4.43. The van der Waals surface area contributed by atoms with Gasteiger partial charge in [-0.3, -0.25) is 19.7 Å². The highest BCUT2D eigenvalue weighted by Gasteiger charge is 2.29. The quantitative estimate of drug-likeness (QED) is 0.593. The zero-order chi connectivity index (χ0) is 20.0. The van der Waals surface area contributed by atoms with E-state index in [1.54, 1.807) is 0 Å². The number of nitro groups is 1. The molecule has 0 spiro atoms. The minimum Gasteiger partial charge on any atom is -0.350 e. The number of nitrogens with one attached hydrogen (secondary N) is 2. The van der Waals surface area contributed by atoms with E-state index in [4.69, 9.17) is 0 Å². The van der Waals surface area contributed by atoms with E-state index in [-0.39, 0.29) is 24.3 Å². The maximum Gasteiger partial charge on any atom is 0.416 e. The van der Waals surface area contributed by atoms with Crippen LogP contribution in [0.3, 0.4) is 0 Å². The van der Waals surface area contributed by atoms with Crippen LogP contribution in [0.15, 0.2) is 48.5 Å². The van der Waals surface area contributed by atoms with Gasteiger partial charge in [0.05, 0.1) is 17.0 Å². The van der Waals surface area contributed by atoms with E-state index in [0.29, 0.717) is 5.56 Å². The van der Waals surface area contributed by atoms with Crippen LogP contribution in [0.4, 0.5) is 18.9 Å². The third kappa shape index (κ3) is 5.80. The number of halogens is 3. The fourth-order valence-electron chi connectivity index (χ4n) is 2.10. The molecule has 2 amide bonds. The first-order chi connectivity index (χ1) is 12.7. The molecule has 7 nitrogen and oxygen atoms in total. The lowest BCUT2D eigenvalue weighted by atomic mass is 10.1. The van der Waals surface area contributed by atoms with E-state index in [2.05, 4.69) is 10.6 Å². The molecule has 2 aromatic rings. The van der Waals surface area contributed by atoms with Crippen LogP contribution in [-0.2, 0) is 17.5 Å². The number of amides is 2. The van der Waals surface area contributed by atoms with E-state index in [1.165, 1.54) is 30.3 Å². The van der Waals surface area contributed by atoms with Gasteiger partial charge < -0.3 is 10.6 Å². The van der Waals surface area contributed by atoms with Gasteiger partial charge in [-0.2, -0.15) is 13.2 Å². The molecular weight excluding hydrogens is 367 g/mol. The second kappa shape index (κ2) is 8.30. The Balaban J connectivity index is 1.83. The molecule has 0 aromatic heterocycles. The number of benzene rings is 2. The fourth-order valence-corrected chi connectivity index (χ4v) is 2.10. The average molecular weight is 381 g/mol. The van der Waals surface area contributed by atoms with Crippen molar-refractivity contribution in [2.45, 2.75) is 12.7 Å². The number of nitrogens with zero attached hydrogens (tertiary/aromatic N) is 1. The van der Waals surface area contributed by atoms with Crippen molar-refractivity contribution in [3.63, 3.8) is 0 Å². The number of nitro benzene ring substituents is 1. The van der Waals surface area contributed by atoms with Gasteiger partial charge in [-0.05, 0) is 23.8 Å². The van der Waals surface area contributed by atoms with Crippen LogP contribution in [-0.4, -0.2) is 23.3 Å². The molecule has 10 heteroatoms. The summed E-state index contributed by atoms with van der Waals surface area (Å²) in [7, 11) is 0. The highest BCUT2D eigenvalue weighted by molar-refractivity contribution is 5.96. The summed E-state index contributed by atoms with van der Waals surface area (Å²) in [6.45, 7) is -0.397. The highest BCUT2D eigenvalue weighted by Crippen LogP contribution is 2.29. The van der Waals surface area contributed by atoms with Gasteiger partial charge in [0.2, 0.25) is 5.91 Å². The van der Waals surface area contributed by atoms with Crippen molar-refractivity contribution in [2.24, 2.45) is 0 Å². The van der Waals surface area contributed by atoms with Crippen LogP contribution in [0.2, 0.25) is 0 Å². The number of carbonyl (C=O) groups is 2. The van der Waals surface area contributed by atoms with E-state index >= 15 is 0 Å². The van der Waals surface area contributed by atoms with Crippen molar-refractivity contribution in [3.05, 3.63) is 75.3 Å². The molecule has 0 unspecified atom stereocenters. The lowest BCUT2D eigenvalue weighted by Gasteiger charge is -2.09. The van der Waals surface area contributed by atoms with Gasteiger partial charge in [0, 0.05) is 24.2 Å². The first-order valence-corrected chi connectivity index (χ1v) is 7.62. The van der Waals surface area contributed by atoms with Crippen molar-refractivity contribution < 1.29 is 27.7 Å². The van der Waals surface area contributed by atoms with Crippen molar-refractivity contribution in [1.29, 1.82) is 0 Å². The van der Waals surface area contributed by atoms with Crippen molar-refractivity contribution in [3.8, 4) is 0 Å². The first kappa shape index (κ1) is 19.9. The van der Waals surface area contributed by atoms with Gasteiger partial charge in [0.15, 0.2) is 0 Å². The topological polar surface area (TPSA) is 101 Å². The van der Waals surface area contributed by atoms with E-state index in [0.717, 1.165) is 18.2 Å². The molecule has 0 heterocycles. The Labute approximate surface area is 151 Å². The standard InChI is InChI=1S/C17H14F3N3O4/c18-17(19,20)13-6-4-11(5-7-13)9-21-15(24)10-22-16(25)12-2-1-3-14(8-12)23(26)27/h1-8H,9-10H2,(H,21,24)(H,22,25). The van der Waals surface area contributed by atoms with Crippen molar-refractivity contribution in [2.75, 3.05) is 6.54 Å². The molecule has 2 N–H and O–H groups in total. The molecule has 0 saturated heterocycles. The summed E-state index contributed by atoms with van der Waals surface area (Å²) in [4.78, 5) is 33.7. The van der Waals surface area contributed by atoms with E-state index in [1.807, 2.05) is 0 Å². The molecule has 0 aliphatic heterocycles. The Morgan fingerprint density at radius 3 is 2.30 bits per heavy atom. The van der Waals surface area contributed by atoms with E-state index in [9.17, 15) is 32.9 Å². The summed E-state index contributed by atoms with van der Waals surface area (Å²) in [5.74, 6) is -1.22. The number of hydrogen-bond acceptors (Lipinski definition) is 4. The van der Waals surface area contributed by atoms with Gasteiger partial charge >= 0.3 is 6.18 Å². The smallest absolute Gasteiger partial charge is 0.350 e. The lowest BCUT2D eigenvalue weighted by molar-refractivity contribution is -0.384. The molecule has 27 heavy (non-hydrogen) atoms. The Hall–Kier alpha value is -3.43. The Kier molecular flexibility index (Phi) is 6.11. The zero-order valence-electron chi connectivity index (χ0n) is 13.7. The van der Waals surface area contributed by atoms with E-state index < -0.39 is 28.5 Å². The van der Waals surface area contributed by atoms with Crippen molar-refractivity contribution >= 4 is 17.5 Å². The third-order valence-electron chi connectivity index (χ3n) is 3.50. The monoisotopic (exact) mass is 381 g/mol. The van der Waals surface area contributed by atoms with Crippen LogP contribution < -0.4 is 10.6 Å². The maximum absolute atomic E-state index is 12.5. The number of alkyl halides is 3. The third-order valence-corrected chi connectivity index (χ3v) is 3.50. The largest absolute Gasteiger partial charge is 0.416 e. The Morgan fingerprint density at radius 1 is 1.04 bits per heavy atom. The predicted octanol–water partition coefficient (Wildman–Crippen LogP) is 2.66. The molecule has 0 radical (unpaired) electrons. The molecule has 0 aliphatic rings. The van der Waals surface area contributed by atoms with Gasteiger partial charge in [-0.15, -0.1) is 0 Å². The number of hydrogen-bond donors (Lipinski definition) is 2. The van der Waals surface area contributed by atoms with Crippen molar-refractivity contribution in [1.82, 2.24) is 10.6 Å². The Bertz CT molecular complexity index is 851. The fraction of sp³-hybridized carbons (Fsp3) is 0.176. The molecule has 0 fully saturated rings. The zero-order valence-corrected chi connectivity index (χ0v) is 13.7. The molecule has 0 aliphatic carbocycles. The molecule has 142 valence electrons. The van der Waals surface area contributed by atoms with Gasteiger partial charge in [0.1, 0.15) is 0 Å². The van der Waals surface area contributed by atoms with Crippen LogP contribution in [0.1, 0.15) is 21.5 Å². The molecule has 0 saturated carbocycles. The summed E-state index contributed by atoms with van der Waals surface area (Å²) in [6, 6.07) is 9.32. The van der Waals surface area contributed by atoms with Gasteiger partial charge in [-0.1, -0.05) is 18.2 Å². The molecule has 2 aromatic carbocycles. The number of rotatable bonds is 6. The summed E-state index contributed by atoms with van der Waals surface area (Å²) in [5.41, 5.74) is -0.558. The lowest BCUT2D eigenvalue weighted by Crippen LogP contribution is -2.36. The maximum atomic E-state index is 12.5. The molecule has 2 rings (SSSR count). The van der Waals surface area contributed by atoms with Crippen LogP contribution in [0, 0.1) is 10.1 Å². The first-order valence-electron chi connectivity index (χ1n) is 7.62. The second-order valence-corrected chi connectivity index (χ2v) is 5.46. The minimum absolute atomic E-state index is 0.0103. The summed E-state index contributed by atoms with van der Waals surface area (Å²) in [5, 5.41) is 15.4. The number of non-ortho nitro benzene ring substituents is 1.